The number of nitrogens with one attached hydrogen (secondary N) is 1. The van der Waals surface area contributed by atoms with Crippen molar-refractivity contribution < 1.29 is 13.9 Å². The van der Waals surface area contributed by atoms with Crippen LogP contribution in [0.2, 0.25) is 0 Å². The van der Waals surface area contributed by atoms with Gasteiger partial charge in [-0.15, -0.1) is 11.8 Å². The lowest BCUT2D eigenvalue weighted by molar-refractivity contribution is -0.127. The first-order chi connectivity index (χ1) is 11.2. The number of hydrogen-bond acceptors (Lipinski definition) is 3. The molecular formula is C18H20FNO2S. The second-order valence-corrected chi connectivity index (χ2v) is 6.09. The summed E-state index contributed by atoms with van der Waals surface area (Å²) < 4.78 is 18.5. The molecule has 0 fully saturated rings. The molecule has 122 valence electrons. The Hall–Kier alpha value is -2.01. The second-order valence-electron chi connectivity index (χ2n) is 4.92. The van der Waals surface area contributed by atoms with E-state index >= 15 is 0 Å². The van der Waals surface area contributed by atoms with E-state index in [4.69, 9.17) is 4.74 Å². The largest absolute Gasteiger partial charge is 0.481 e. The van der Waals surface area contributed by atoms with Gasteiger partial charge in [0, 0.05) is 17.2 Å². The molecule has 1 amide bonds. The van der Waals surface area contributed by atoms with Crippen LogP contribution in [0.1, 0.15) is 13.3 Å². The van der Waals surface area contributed by atoms with Crippen molar-refractivity contribution in [3.8, 4) is 5.75 Å². The van der Waals surface area contributed by atoms with Gasteiger partial charge in [0.05, 0.1) is 0 Å². The van der Waals surface area contributed by atoms with E-state index in [0.717, 1.165) is 5.75 Å². The molecule has 0 aliphatic rings. The van der Waals surface area contributed by atoms with Gasteiger partial charge in [0.1, 0.15) is 11.6 Å². The van der Waals surface area contributed by atoms with Crippen LogP contribution in [0.25, 0.3) is 0 Å². The van der Waals surface area contributed by atoms with Crippen molar-refractivity contribution in [3.05, 3.63) is 60.4 Å². The first kappa shape index (κ1) is 17.3. The Bertz CT molecular complexity index is 604. The summed E-state index contributed by atoms with van der Waals surface area (Å²) in [6.45, 7) is 2.45. The van der Waals surface area contributed by atoms with Crippen LogP contribution >= 0.6 is 11.8 Å². The predicted octanol–water partition coefficient (Wildman–Crippen LogP) is 3.89. The van der Waals surface area contributed by atoms with Crippen LogP contribution < -0.4 is 10.1 Å². The van der Waals surface area contributed by atoms with Crippen molar-refractivity contribution in [1.29, 1.82) is 0 Å². The molecule has 0 radical (unpaired) electrons. The topological polar surface area (TPSA) is 38.3 Å². The summed E-state index contributed by atoms with van der Waals surface area (Å²) >= 11 is 1.69. The van der Waals surface area contributed by atoms with Crippen LogP contribution in [-0.4, -0.2) is 24.3 Å². The minimum absolute atomic E-state index is 0.148. The van der Waals surface area contributed by atoms with E-state index in [1.807, 2.05) is 37.3 Å². The van der Waals surface area contributed by atoms with Crippen LogP contribution in [-0.2, 0) is 4.79 Å². The van der Waals surface area contributed by atoms with E-state index in [-0.39, 0.29) is 11.7 Å². The molecule has 1 atom stereocenters. The molecule has 0 aliphatic heterocycles. The molecule has 2 aromatic rings. The Morgan fingerprint density at radius 1 is 1.17 bits per heavy atom. The maximum Gasteiger partial charge on any atom is 0.261 e. The van der Waals surface area contributed by atoms with Crippen LogP contribution in [0, 0.1) is 5.82 Å². The number of carbonyl (C=O) groups is 1. The van der Waals surface area contributed by atoms with Gasteiger partial charge < -0.3 is 10.1 Å². The zero-order valence-corrected chi connectivity index (χ0v) is 13.8. The highest BCUT2D eigenvalue weighted by molar-refractivity contribution is 7.99. The average Bonchev–Trinajstić information content (AvgIpc) is 2.59. The highest BCUT2D eigenvalue weighted by atomic mass is 32.2. The van der Waals surface area contributed by atoms with Crippen molar-refractivity contribution in [1.82, 2.24) is 5.32 Å². The quantitative estimate of drug-likeness (QED) is 0.588. The number of halogens is 1. The van der Waals surface area contributed by atoms with Gasteiger partial charge in [0.25, 0.3) is 5.91 Å². The van der Waals surface area contributed by atoms with E-state index in [1.165, 1.54) is 29.2 Å². The number of carbonyl (C=O) groups excluding carboxylic acids is 1. The summed E-state index contributed by atoms with van der Waals surface area (Å²) in [6.07, 6.45) is -0.0168. The van der Waals surface area contributed by atoms with Crippen molar-refractivity contribution in [3.63, 3.8) is 0 Å². The zero-order valence-electron chi connectivity index (χ0n) is 13.0. The van der Waals surface area contributed by atoms with Gasteiger partial charge in [0.2, 0.25) is 0 Å². The monoisotopic (exact) mass is 333 g/mol. The number of thioether (sulfide) groups is 1. The maximum atomic E-state index is 12.9. The third-order valence-electron chi connectivity index (χ3n) is 3.17. The summed E-state index contributed by atoms with van der Waals surface area (Å²) in [7, 11) is 0. The number of amides is 1. The first-order valence-electron chi connectivity index (χ1n) is 7.57. The van der Waals surface area contributed by atoms with Gasteiger partial charge in [0.15, 0.2) is 6.10 Å². The van der Waals surface area contributed by atoms with Crippen LogP contribution in [0.3, 0.4) is 0 Å². The molecule has 0 heterocycles. The second kappa shape index (κ2) is 9.20. The van der Waals surface area contributed by atoms with E-state index in [9.17, 15) is 9.18 Å². The molecule has 2 rings (SSSR count). The van der Waals surface area contributed by atoms with Gasteiger partial charge in [-0.25, -0.2) is 4.39 Å². The molecule has 0 aliphatic carbocycles. The number of ether oxygens (including phenoxy) is 1. The van der Waals surface area contributed by atoms with Crippen LogP contribution in [0.5, 0.6) is 5.75 Å². The van der Waals surface area contributed by atoms with Gasteiger partial charge in [-0.3, -0.25) is 4.79 Å². The Kier molecular flexibility index (Phi) is 6.94. The van der Waals surface area contributed by atoms with Gasteiger partial charge >= 0.3 is 0 Å². The van der Waals surface area contributed by atoms with E-state index < -0.39 is 6.10 Å². The van der Waals surface area contributed by atoms with Crippen molar-refractivity contribution in [2.75, 3.05) is 12.3 Å². The molecule has 0 saturated carbocycles. The molecule has 2 aromatic carbocycles. The standard InChI is InChI=1S/C18H20FNO2S/c1-2-17(22-15-10-8-14(19)9-11-15)18(21)20-12-13-23-16-6-4-3-5-7-16/h3-11,17H,2,12-13H2,1H3,(H,20,21)/t17-/m1/s1. The van der Waals surface area contributed by atoms with E-state index in [1.54, 1.807) is 11.8 Å². The fourth-order valence-electron chi connectivity index (χ4n) is 1.97. The molecule has 5 heteroatoms. The fraction of sp³-hybridized carbons (Fsp3) is 0.278. The lowest BCUT2D eigenvalue weighted by Crippen LogP contribution is -2.39. The number of rotatable bonds is 8. The van der Waals surface area contributed by atoms with Crippen LogP contribution in [0.4, 0.5) is 4.39 Å². The van der Waals surface area contributed by atoms with Crippen molar-refractivity contribution in [2.24, 2.45) is 0 Å². The van der Waals surface area contributed by atoms with Gasteiger partial charge in [-0.2, -0.15) is 0 Å². The molecule has 1 N–H and O–H groups in total. The maximum absolute atomic E-state index is 12.9. The Labute approximate surface area is 140 Å². The normalized spacial score (nSPS) is 11.7. The lowest BCUT2D eigenvalue weighted by Gasteiger charge is -2.17. The Morgan fingerprint density at radius 3 is 2.52 bits per heavy atom. The molecule has 3 nitrogen and oxygen atoms in total. The summed E-state index contributed by atoms with van der Waals surface area (Å²) in [5.41, 5.74) is 0. The molecule has 0 aromatic heterocycles. The lowest BCUT2D eigenvalue weighted by atomic mass is 10.2. The Morgan fingerprint density at radius 2 is 1.87 bits per heavy atom. The third kappa shape index (κ3) is 5.94. The molecule has 0 unspecified atom stereocenters. The third-order valence-corrected chi connectivity index (χ3v) is 4.18. The highest BCUT2D eigenvalue weighted by Crippen LogP contribution is 2.16. The number of benzene rings is 2. The summed E-state index contributed by atoms with van der Waals surface area (Å²) in [4.78, 5) is 13.3. The zero-order chi connectivity index (χ0) is 16.5. The predicted molar refractivity (Wildman–Crippen MR) is 91.3 cm³/mol. The minimum atomic E-state index is -0.567. The molecular weight excluding hydrogens is 313 g/mol. The Balaban J connectivity index is 1.75. The average molecular weight is 333 g/mol. The fourth-order valence-corrected chi connectivity index (χ4v) is 2.76. The molecule has 0 spiro atoms. The van der Waals surface area contributed by atoms with E-state index in [2.05, 4.69) is 5.32 Å². The van der Waals surface area contributed by atoms with Crippen LogP contribution in [0.15, 0.2) is 59.5 Å². The number of hydrogen-bond donors (Lipinski definition) is 1. The smallest absolute Gasteiger partial charge is 0.261 e. The minimum Gasteiger partial charge on any atom is -0.481 e. The van der Waals surface area contributed by atoms with Gasteiger partial charge in [-0.05, 0) is 42.8 Å². The summed E-state index contributed by atoms with van der Waals surface area (Å²) in [6, 6.07) is 15.7. The SMILES string of the molecule is CC[C@@H](Oc1ccc(F)cc1)C(=O)NCCSc1ccccc1. The molecule has 23 heavy (non-hydrogen) atoms. The van der Waals surface area contributed by atoms with Crippen molar-refractivity contribution in [2.45, 2.75) is 24.3 Å². The summed E-state index contributed by atoms with van der Waals surface area (Å²) in [5.74, 6) is 0.813. The summed E-state index contributed by atoms with van der Waals surface area (Å²) in [5, 5.41) is 2.88. The first-order valence-corrected chi connectivity index (χ1v) is 8.55. The highest BCUT2D eigenvalue weighted by Gasteiger charge is 2.17. The van der Waals surface area contributed by atoms with Gasteiger partial charge in [-0.1, -0.05) is 25.1 Å². The van der Waals surface area contributed by atoms with Crippen molar-refractivity contribution >= 4 is 17.7 Å². The molecule has 0 bridgehead atoms. The molecule has 0 saturated heterocycles. The van der Waals surface area contributed by atoms with E-state index in [0.29, 0.717) is 18.7 Å².